The fourth-order valence-electron chi connectivity index (χ4n) is 3.12. The van der Waals surface area contributed by atoms with Crippen molar-refractivity contribution in [2.24, 2.45) is 0 Å². The van der Waals surface area contributed by atoms with Crippen LogP contribution >= 0.6 is 11.6 Å². The standard InChI is InChI=1S/C18H16ClN3O/c19-14-9-6-10-15-16(14)17(23)22(13-7-2-1-3-8-13)18(20-15)21-11-4-5-12-21/h1-3,6-10H,4-5,11-12H2. The molecule has 1 fully saturated rings. The molecule has 2 aromatic carbocycles. The third kappa shape index (κ3) is 2.39. The highest BCUT2D eigenvalue weighted by molar-refractivity contribution is 6.35. The molecule has 0 atom stereocenters. The van der Waals surface area contributed by atoms with E-state index in [9.17, 15) is 4.79 Å². The number of hydrogen-bond donors (Lipinski definition) is 0. The lowest BCUT2D eigenvalue weighted by Crippen LogP contribution is -2.30. The Kier molecular flexibility index (Phi) is 3.54. The fourth-order valence-corrected chi connectivity index (χ4v) is 3.37. The van der Waals surface area contributed by atoms with E-state index in [1.165, 1.54) is 0 Å². The van der Waals surface area contributed by atoms with Crippen molar-refractivity contribution in [3.63, 3.8) is 0 Å². The van der Waals surface area contributed by atoms with E-state index in [0.717, 1.165) is 31.6 Å². The van der Waals surface area contributed by atoms with Crippen LogP contribution in [0.25, 0.3) is 16.6 Å². The summed E-state index contributed by atoms with van der Waals surface area (Å²) in [5, 5.41) is 0.915. The van der Waals surface area contributed by atoms with Gasteiger partial charge in [-0.05, 0) is 37.1 Å². The van der Waals surface area contributed by atoms with E-state index in [2.05, 4.69) is 4.90 Å². The van der Waals surface area contributed by atoms with Gasteiger partial charge in [-0.3, -0.25) is 4.79 Å². The first kappa shape index (κ1) is 14.3. The molecule has 4 rings (SSSR count). The first-order chi connectivity index (χ1) is 11.3. The number of anilines is 1. The molecule has 5 heteroatoms. The molecule has 1 aliphatic rings. The lowest BCUT2D eigenvalue weighted by Gasteiger charge is -2.22. The minimum Gasteiger partial charge on any atom is -0.342 e. The number of rotatable bonds is 2. The minimum atomic E-state index is -0.117. The molecule has 1 saturated heterocycles. The Morgan fingerprint density at radius 1 is 0.957 bits per heavy atom. The SMILES string of the molecule is O=c1c2c(Cl)cccc2nc(N2CCCC2)n1-c1ccccc1. The van der Waals surface area contributed by atoms with Crippen LogP contribution in [-0.2, 0) is 0 Å². The summed E-state index contributed by atoms with van der Waals surface area (Å²) in [6.07, 6.45) is 2.25. The molecule has 0 bridgehead atoms. The number of benzene rings is 2. The molecule has 2 heterocycles. The maximum atomic E-state index is 13.1. The van der Waals surface area contributed by atoms with Crippen molar-refractivity contribution in [2.45, 2.75) is 12.8 Å². The predicted octanol–water partition coefficient (Wildman–Crippen LogP) is 3.64. The molecule has 0 radical (unpaired) electrons. The van der Waals surface area contributed by atoms with E-state index < -0.39 is 0 Å². The molecule has 0 saturated carbocycles. The summed E-state index contributed by atoms with van der Waals surface area (Å²) in [7, 11) is 0. The molecule has 0 aliphatic carbocycles. The zero-order chi connectivity index (χ0) is 15.8. The highest BCUT2D eigenvalue weighted by Crippen LogP contribution is 2.25. The summed E-state index contributed by atoms with van der Waals surface area (Å²) < 4.78 is 1.68. The van der Waals surface area contributed by atoms with Gasteiger partial charge in [0.15, 0.2) is 0 Å². The molecular formula is C18H16ClN3O. The zero-order valence-electron chi connectivity index (χ0n) is 12.6. The average molecular weight is 326 g/mol. The lowest BCUT2D eigenvalue weighted by atomic mass is 10.2. The quantitative estimate of drug-likeness (QED) is 0.722. The Balaban J connectivity index is 2.08. The van der Waals surface area contributed by atoms with E-state index in [0.29, 0.717) is 21.9 Å². The number of halogens is 1. The summed E-state index contributed by atoms with van der Waals surface area (Å²) in [6.45, 7) is 1.84. The van der Waals surface area contributed by atoms with Crippen LogP contribution in [0.3, 0.4) is 0 Å². The van der Waals surface area contributed by atoms with Crippen LogP contribution in [0.15, 0.2) is 53.3 Å². The van der Waals surface area contributed by atoms with Crippen molar-refractivity contribution < 1.29 is 0 Å². The topological polar surface area (TPSA) is 38.1 Å². The van der Waals surface area contributed by atoms with Crippen molar-refractivity contribution in [3.05, 3.63) is 63.9 Å². The second kappa shape index (κ2) is 5.70. The molecule has 0 N–H and O–H groups in total. The lowest BCUT2D eigenvalue weighted by molar-refractivity contribution is 0.840. The summed E-state index contributed by atoms with van der Waals surface area (Å²) in [6, 6.07) is 15.0. The van der Waals surface area contributed by atoms with Crippen LogP contribution in [0.4, 0.5) is 5.95 Å². The van der Waals surface area contributed by atoms with Crippen LogP contribution in [0.5, 0.6) is 0 Å². The fraction of sp³-hybridized carbons (Fsp3) is 0.222. The van der Waals surface area contributed by atoms with Crippen molar-refractivity contribution in [3.8, 4) is 5.69 Å². The average Bonchev–Trinajstić information content (AvgIpc) is 3.09. The first-order valence-electron chi connectivity index (χ1n) is 7.77. The van der Waals surface area contributed by atoms with Crippen molar-refractivity contribution in [1.29, 1.82) is 0 Å². The molecule has 0 unspecified atom stereocenters. The van der Waals surface area contributed by atoms with Crippen LogP contribution in [0, 0.1) is 0 Å². The Hall–Kier alpha value is -2.33. The van der Waals surface area contributed by atoms with E-state index in [4.69, 9.17) is 16.6 Å². The summed E-state index contributed by atoms with van der Waals surface area (Å²) in [4.78, 5) is 20.1. The highest BCUT2D eigenvalue weighted by atomic mass is 35.5. The second-order valence-corrected chi connectivity index (χ2v) is 6.12. The molecule has 23 heavy (non-hydrogen) atoms. The first-order valence-corrected chi connectivity index (χ1v) is 8.15. The number of para-hydroxylation sites is 1. The van der Waals surface area contributed by atoms with E-state index in [1.54, 1.807) is 10.6 Å². The van der Waals surface area contributed by atoms with Crippen LogP contribution in [0.2, 0.25) is 5.02 Å². The van der Waals surface area contributed by atoms with Gasteiger partial charge in [0.25, 0.3) is 5.56 Å². The number of fused-ring (bicyclic) bond motifs is 1. The number of aromatic nitrogens is 2. The number of hydrogen-bond acceptors (Lipinski definition) is 3. The summed E-state index contributed by atoms with van der Waals surface area (Å²) in [5.74, 6) is 0.702. The maximum absolute atomic E-state index is 13.1. The van der Waals surface area contributed by atoms with Crippen LogP contribution in [-0.4, -0.2) is 22.6 Å². The summed E-state index contributed by atoms with van der Waals surface area (Å²) in [5.41, 5.74) is 1.35. The van der Waals surface area contributed by atoms with Gasteiger partial charge in [-0.2, -0.15) is 0 Å². The normalized spacial score (nSPS) is 14.6. The van der Waals surface area contributed by atoms with Gasteiger partial charge in [-0.25, -0.2) is 9.55 Å². The Morgan fingerprint density at radius 2 is 1.70 bits per heavy atom. The monoisotopic (exact) mass is 325 g/mol. The smallest absolute Gasteiger partial charge is 0.268 e. The van der Waals surface area contributed by atoms with Crippen LogP contribution in [0.1, 0.15) is 12.8 Å². The van der Waals surface area contributed by atoms with E-state index in [-0.39, 0.29) is 5.56 Å². The minimum absolute atomic E-state index is 0.117. The van der Waals surface area contributed by atoms with Gasteiger partial charge in [0, 0.05) is 13.1 Å². The van der Waals surface area contributed by atoms with Gasteiger partial charge >= 0.3 is 0 Å². The van der Waals surface area contributed by atoms with Gasteiger partial charge in [-0.15, -0.1) is 0 Å². The zero-order valence-corrected chi connectivity index (χ0v) is 13.3. The van der Waals surface area contributed by atoms with Gasteiger partial charge in [0.2, 0.25) is 5.95 Å². The summed E-state index contributed by atoms with van der Waals surface area (Å²) >= 11 is 6.27. The van der Waals surface area contributed by atoms with Crippen LogP contribution < -0.4 is 10.5 Å². The van der Waals surface area contributed by atoms with Gasteiger partial charge in [0.1, 0.15) is 0 Å². The maximum Gasteiger partial charge on any atom is 0.268 e. The van der Waals surface area contributed by atoms with Crippen molar-refractivity contribution >= 4 is 28.5 Å². The van der Waals surface area contributed by atoms with Crippen molar-refractivity contribution in [1.82, 2.24) is 9.55 Å². The van der Waals surface area contributed by atoms with Gasteiger partial charge < -0.3 is 4.90 Å². The Bertz CT molecular complexity index is 915. The molecule has 0 spiro atoms. The molecule has 116 valence electrons. The highest BCUT2D eigenvalue weighted by Gasteiger charge is 2.21. The van der Waals surface area contributed by atoms with E-state index in [1.807, 2.05) is 42.5 Å². The molecule has 4 nitrogen and oxygen atoms in total. The van der Waals surface area contributed by atoms with Gasteiger partial charge in [-0.1, -0.05) is 35.9 Å². The Labute approximate surface area is 138 Å². The molecule has 1 aromatic heterocycles. The molecule has 1 aliphatic heterocycles. The Morgan fingerprint density at radius 3 is 2.43 bits per heavy atom. The second-order valence-electron chi connectivity index (χ2n) is 5.72. The predicted molar refractivity (Wildman–Crippen MR) is 93.8 cm³/mol. The largest absolute Gasteiger partial charge is 0.342 e. The molecular weight excluding hydrogens is 310 g/mol. The number of nitrogens with zero attached hydrogens (tertiary/aromatic N) is 3. The molecule has 3 aromatic rings. The van der Waals surface area contributed by atoms with Crippen molar-refractivity contribution in [2.75, 3.05) is 18.0 Å². The van der Waals surface area contributed by atoms with Gasteiger partial charge in [0.05, 0.1) is 21.6 Å². The third-order valence-corrected chi connectivity index (χ3v) is 4.55. The van der Waals surface area contributed by atoms with E-state index >= 15 is 0 Å². The third-order valence-electron chi connectivity index (χ3n) is 4.23. The molecule has 0 amide bonds.